The van der Waals surface area contributed by atoms with E-state index in [1.165, 1.54) is 36.0 Å². The lowest BCUT2D eigenvalue weighted by Gasteiger charge is -2.09. The van der Waals surface area contributed by atoms with Crippen LogP contribution in [0.3, 0.4) is 0 Å². The predicted octanol–water partition coefficient (Wildman–Crippen LogP) is 1.01. The number of hydrogen-bond acceptors (Lipinski definition) is 7. The van der Waals surface area contributed by atoms with Crippen molar-refractivity contribution in [3.63, 3.8) is 0 Å². The van der Waals surface area contributed by atoms with E-state index in [1.807, 2.05) is 6.92 Å². The first-order valence-corrected chi connectivity index (χ1v) is 11.0. The SMILES string of the molecule is CCC(O)SCCS(=O)(=O)c1ccc(CCS(=O)(=O)[O-])cc1. The smallest absolute Gasteiger partial charge is 0.179 e. The van der Waals surface area contributed by atoms with Crippen molar-refractivity contribution in [1.29, 1.82) is 0 Å². The minimum Gasteiger partial charge on any atom is -0.748 e. The Morgan fingerprint density at radius 3 is 2.23 bits per heavy atom. The molecule has 0 fully saturated rings. The Morgan fingerprint density at radius 1 is 1.14 bits per heavy atom. The van der Waals surface area contributed by atoms with Crippen LogP contribution in [0.25, 0.3) is 0 Å². The third-order valence-corrected chi connectivity index (χ3v) is 6.79. The van der Waals surface area contributed by atoms with Gasteiger partial charge in [0, 0.05) is 11.5 Å². The van der Waals surface area contributed by atoms with Gasteiger partial charge in [-0.3, -0.25) is 0 Å². The third-order valence-electron chi connectivity index (χ3n) is 2.93. The maximum atomic E-state index is 12.1. The van der Waals surface area contributed by atoms with Gasteiger partial charge in [-0.15, -0.1) is 11.8 Å². The van der Waals surface area contributed by atoms with E-state index in [0.717, 1.165) is 0 Å². The van der Waals surface area contributed by atoms with Crippen molar-refractivity contribution in [3.8, 4) is 0 Å². The summed E-state index contributed by atoms with van der Waals surface area (Å²) in [7, 11) is -7.71. The van der Waals surface area contributed by atoms with Crippen molar-refractivity contribution in [2.24, 2.45) is 0 Å². The molecule has 0 saturated heterocycles. The molecule has 1 aromatic carbocycles. The lowest BCUT2D eigenvalue weighted by atomic mass is 10.2. The highest BCUT2D eigenvalue weighted by molar-refractivity contribution is 8.01. The Morgan fingerprint density at radius 2 is 1.73 bits per heavy atom. The Bertz CT molecular complexity index is 664. The average molecular weight is 367 g/mol. The quantitative estimate of drug-likeness (QED) is 0.512. The van der Waals surface area contributed by atoms with E-state index in [9.17, 15) is 26.5 Å². The summed E-state index contributed by atoms with van der Waals surface area (Å²) in [5.41, 5.74) is 0.0285. The van der Waals surface area contributed by atoms with Crippen LogP contribution in [0.4, 0.5) is 0 Å². The molecule has 1 N–H and O–H groups in total. The molecule has 0 amide bonds. The summed E-state index contributed by atoms with van der Waals surface area (Å²) >= 11 is 1.19. The number of benzene rings is 1. The molecule has 22 heavy (non-hydrogen) atoms. The van der Waals surface area contributed by atoms with Gasteiger partial charge in [-0.25, -0.2) is 16.8 Å². The van der Waals surface area contributed by atoms with Crippen LogP contribution in [0.1, 0.15) is 18.9 Å². The summed E-state index contributed by atoms with van der Waals surface area (Å²) in [6, 6.07) is 5.82. The Balaban J connectivity index is 2.64. The molecule has 0 spiro atoms. The molecule has 1 unspecified atom stereocenters. The standard InChI is InChI=1S/C13H20O6S3/c1-2-13(14)20-8-10-21(15,16)12-5-3-11(4-6-12)7-9-22(17,18)19/h3-6,13-14H,2,7-10H2,1H3,(H,17,18,19)/p-1. The fraction of sp³-hybridized carbons (Fsp3) is 0.538. The van der Waals surface area contributed by atoms with Gasteiger partial charge in [0.1, 0.15) is 0 Å². The second-order valence-corrected chi connectivity index (χ2v) is 9.63. The number of aliphatic hydroxyl groups is 1. The summed E-state index contributed by atoms with van der Waals surface area (Å²) in [5.74, 6) is -0.291. The molecule has 0 aliphatic carbocycles. The summed E-state index contributed by atoms with van der Waals surface area (Å²) in [4.78, 5) is 0.146. The van der Waals surface area contributed by atoms with Crippen LogP contribution in [0, 0.1) is 0 Å². The first kappa shape index (κ1) is 19.4. The molecule has 126 valence electrons. The molecule has 0 heterocycles. The first-order chi connectivity index (χ1) is 10.1. The van der Waals surface area contributed by atoms with Crippen LogP contribution in [0.5, 0.6) is 0 Å². The number of rotatable bonds is 9. The zero-order valence-electron chi connectivity index (χ0n) is 12.1. The molecule has 1 aromatic rings. The summed E-state index contributed by atoms with van der Waals surface area (Å²) < 4.78 is 55.8. The zero-order chi connectivity index (χ0) is 16.8. The highest BCUT2D eigenvalue weighted by Crippen LogP contribution is 2.17. The van der Waals surface area contributed by atoms with Gasteiger partial charge in [0.25, 0.3) is 0 Å². The van der Waals surface area contributed by atoms with Gasteiger partial charge in [0.2, 0.25) is 0 Å². The second-order valence-electron chi connectivity index (χ2n) is 4.71. The lowest BCUT2D eigenvalue weighted by molar-refractivity contribution is 0.259. The number of thioether (sulfide) groups is 1. The van der Waals surface area contributed by atoms with Crippen LogP contribution < -0.4 is 0 Å². The van der Waals surface area contributed by atoms with Crippen molar-refractivity contribution in [3.05, 3.63) is 29.8 Å². The minimum atomic E-state index is -4.28. The molecular weight excluding hydrogens is 348 g/mol. The highest BCUT2D eigenvalue weighted by Gasteiger charge is 2.15. The van der Waals surface area contributed by atoms with Gasteiger partial charge in [0.05, 0.1) is 26.2 Å². The molecule has 0 aliphatic rings. The molecule has 0 aliphatic heterocycles. The van der Waals surface area contributed by atoms with Gasteiger partial charge in [-0.2, -0.15) is 0 Å². The minimum absolute atomic E-state index is 0.0602. The van der Waals surface area contributed by atoms with Crippen LogP contribution in [0.2, 0.25) is 0 Å². The molecule has 1 rings (SSSR count). The van der Waals surface area contributed by atoms with Crippen LogP contribution in [-0.4, -0.2) is 49.2 Å². The normalized spacial score (nSPS) is 14.0. The zero-order valence-corrected chi connectivity index (χ0v) is 14.6. The lowest BCUT2D eigenvalue weighted by Crippen LogP contribution is -2.11. The van der Waals surface area contributed by atoms with Gasteiger partial charge in [-0.05, 0) is 30.5 Å². The third kappa shape index (κ3) is 7.10. The highest BCUT2D eigenvalue weighted by atomic mass is 32.2. The summed E-state index contributed by atoms with van der Waals surface area (Å²) in [6.45, 7) is 1.81. The van der Waals surface area contributed by atoms with E-state index >= 15 is 0 Å². The average Bonchev–Trinajstić information content (AvgIpc) is 2.44. The van der Waals surface area contributed by atoms with Crippen LogP contribution >= 0.6 is 11.8 Å². The van der Waals surface area contributed by atoms with Crippen molar-refractivity contribution in [2.45, 2.75) is 30.1 Å². The van der Waals surface area contributed by atoms with E-state index in [1.54, 1.807) is 0 Å². The van der Waals surface area contributed by atoms with E-state index in [2.05, 4.69) is 0 Å². The van der Waals surface area contributed by atoms with Gasteiger partial charge < -0.3 is 9.66 Å². The number of sulfone groups is 1. The Labute approximate surface area is 135 Å². The summed E-state index contributed by atoms with van der Waals surface area (Å²) in [5, 5.41) is 9.38. The van der Waals surface area contributed by atoms with Crippen molar-refractivity contribution in [1.82, 2.24) is 0 Å². The Kier molecular flexibility index (Phi) is 7.33. The molecule has 1 atom stereocenters. The van der Waals surface area contributed by atoms with E-state index in [-0.39, 0.29) is 17.1 Å². The maximum Gasteiger partial charge on any atom is 0.179 e. The number of aryl methyl sites for hydroxylation is 1. The fourth-order valence-electron chi connectivity index (χ4n) is 1.64. The monoisotopic (exact) mass is 367 g/mol. The molecule has 0 saturated carbocycles. The second kappa shape index (κ2) is 8.30. The van der Waals surface area contributed by atoms with E-state index in [0.29, 0.717) is 17.7 Å². The molecule has 0 bridgehead atoms. The predicted molar refractivity (Wildman–Crippen MR) is 85.5 cm³/mol. The Hall–Kier alpha value is -0.610. The van der Waals surface area contributed by atoms with Gasteiger partial charge >= 0.3 is 0 Å². The topological polar surface area (TPSA) is 112 Å². The van der Waals surface area contributed by atoms with Crippen LogP contribution in [-0.2, 0) is 26.4 Å². The summed E-state index contributed by atoms with van der Waals surface area (Å²) in [6.07, 6.45) is 0.618. The molecule has 0 radical (unpaired) electrons. The van der Waals surface area contributed by atoms with Crippen molar-refractivity contribution < 1.29 is 26.5 Å². The maximum absolute atomic E-state index is 12.1. The molecule has 9 heteroatoms. The molecule has 0 aromatic heterocycles. The van der Waals surface area contributed by atoms with E-state index in [4.69, 9.17) is 0 Å². The molecule has 6 nitrogen and oxygen atoms in total. The molecular formula is C13H19O6S3-. The number of hydrogen-bond donors (Lipinski definition) is 1. The van der Waals surface area contributed by atoms with Crippen molar-refractivity contribution >= 4 is 31.7 Å². The van der Waals surface area contributed by atoms with Gasteiger partial charge in [0.15, 0.2) is 9.84 Å². The van der Waals surface area contributed by atoms with E-state index < -0.39 is 31.1 Å². The largest absolute Gasteiger partial charge is 0.748 e. The first-order valence-electron chi connectivity index (χ1n) is 6.69. The fourth-order valence-corrected chi connectivity index (χ4v) is 4.68. The van der Waals surface area contributed by atoms with Crippen LogP contribution in [0.15, 0.2) is 29.2 Å². The van der Waals surface area contributed by atoms with Gasteiger partial charge in [-0.1, -0.05) is 19.1 Å². The number of aliphatic hydroxyl groups excluding tert-OH is 1. The van der Waals surface area contributed by atoms with Crippen molar-refractivity contribution in [2.75, 3.05) is 17.3 Å².